The summed E-state index contributed by atoms with van der Waals surface area (Å²) in [6.07, 6.45) is 1.92. The molecule has 4 rings (SSSR count). The van der Waals surface area contributed by atoms with E-state index < -0.39 is 0 Å². The van der Waals surface area contributed by atoms with Crippen molar-refractivity contribution in [3.63, 3.8) is 0 Å². The number of carbonyl (C=O) groups is 1. The van der Waals surface area contributed by atoms with Gasteiger partial charge in [0.05, 0.1) is 5.69 Å². The Labute approximate surface area is 171 Å². The third-order valence-corrected chi connectivity index (χ3v) is 5.38. The summed E-state index contributed by atoms with van der Waals surface area (Å²) in [7, 11) is 0. The number of pyridine rings is 1. The molecule has 0 unspecified atom stereocenters. The molecule has 0 saturated heterocycles. The fourth-order valence-electron chi connectivity index (χ4n) is 3.39. The predicted octanol–water partition coefficient (Wildman–Crippen LogP) is 3.50. The molecule has 29 heavy (non-hydrogen) atoms. The predicted molar refractivity (Wildman–Crippen MR) is 116 cm³/mol. The van der Waals surface area contributed by atoms with Gasteiger partial charge in [0.15, 0.2) is 5.65 Å². The Bertz CT molecular complexity index is 973. The van der Waals surface area contributed by atoms with E-state index in [0.29, 0.717) is 5.95 Å². The summed E-state index contributed by atoms with van der Waals surface area (Å²) in [6, 6.07) is 14.2. The molecule has 1 aromatic carbocycles. The van der Waals surface area contributed by atoms with E-state index in [1.54, 1.807) is 4.52 Å². The average Bonchev–Trinajstić information content (AvgIpc) is 3.52. The summed E-state index contributed by atoms with van der Waals surface area (Å²) in [5.74, 6) is 0.509. The molecule has 1 aliphatic rings. The number of rotatable bonds is 9. The normalized spacial score (nSPS) is 13.8. The zero-order chi connectivity index (χ0) is 20.2. The summed E-state index contributed by atoms with van der Waals surface area (Å²) in [6.45, 7) is 8.47. The van der Waals surface area contributed by atoms with Crippen LogP contribution in [-0.4, -0.2) is 51.6 Å². The second-order valence-corrected chi connectivity index (χ2v) is 7.41. The molecular formula is C22H28N6O. The maximum absolute atomic E-state index is 12.0. The zero-order valence-electron chi connectivity index (χ0n) is 17.1. The first-order valence-electron chi connectivity index (χ1n) is 10.4. The molecule has 2 aromatic heterocycles. The number of nitrogens with one attached hydrogen (secondary N) is 2. The second kappa shape index (κ2) is 8.61. The number of nitrogens with zero attached hydrogens (tertiary/aromatic N) is 4. The van der Waals surface area contributed by atoms with Gasteiger partial charge in [-0.1, -0.05) is 32.0 Å². The van der Waals surface area contributed by atoms with Crippen LogP contribution in [0.2, 0.25) is 0 Å². The van der Waals surface area contributed by atoms with Gasteiger partial charge >= 0.3 is 0 Å². The number of benzene rings is 1. The van der Waals surface area contributed by atoms with Crippen molar-refractivity contribution in [2.24, 2.45) is 5.92 Å². The van der Waals surface area contributed by atoms with Gasteiger partial charge in [0.25, 0.3) is 0 Å². The highest BCUT2D eigenvalue weighted by molar-refractivity contribution is 5.92. The Hall–Kier alpha value is -2.93. The largest absolute Gasteiger partial charge is 0.384 e. The van der Waals surface area contributed by atoms with Crippen molar-refractivity contribution >= 4 is 23.2 Å². The maximum Gasteiger partial charge on any atom is 0.249 e. The van der Waals surface area contributed by atoms with E-state index in [0.717, 1.165) is 61.6 Å². The van der Waals surface area contributed by atoms with Gasteiger partial charge in [0.2, 0.25) is 11.9 Å². The van der Waals surface area contributed by atoms with Gasteiger partial charge < -0.3 is 10.2 Å². The quantitative estimate of drug-likeness (QED) is 0.583. The monoisotopic (exact) mass is 392 g/mol. The highest BCUT2D eigenvalue weighted by Gasteiger charge is 2.30. The van der Waals surface area contributed by atoms with Gasteiger partial charge in [-0.15, -0.1) is 5.10 Å². The Morgan fingerprint density at radius 1 is 1.14 bits per heavy atom. The van der Waals surface area contributed by atoms with Crippen LogP contribution in [0.25, 0.3) is 16.9 Å². The molecule has 7 heteroatoms. The van der Waals surface area contributed by atoms with Crippen molar-refractivity contribution in [1.82, 2.24) is 19.5 Å². The number of fused-ring (bicyclic) bond motifs is 1. The van der Waals surface area contributed by atoms with E-state index in [2.05, 4.69) is 63.7 Å². The smallest absolute Gasteiger partial charge is 0.249 e. The summed E-state index contributed by atoms with van der Waals surface area (Å²) in [5, 5.41) is 10.8. The van der Waals surface area contributed by atoms with Crippen LogP contribution in [0.1, 0.15) is 26.7 Å². The van der Waals surface area contributed by atoms with Gasteiger partial charge in [0.1, 0.15) is 0 Å². The van der Waals surface area contributed by atoms with Crippen LogP contribution in [0, 0.1) is 5.92 Å². The Morgan fingerprint density at radius 3 is 2.59 bits per heavy atom. The number of hydrogen-bond acceptors (Lipinski definition) is 5. The Kier molecular flexibility index (Phi) is 5.76. The lowest BCUT2D eigenvalue weighted by atomic mass is 10.1. The fourth-order valence-corrected chi connectivity index (χ4v) is 3.39. The molecule has 0 aliphatic heterocycles. The SMILES string of the molecule is CCN(CC)CCNc1ccc(-c2cccc3nc(NC(=O)C4CC4)nn23)cc1. The molecule has 0 atom stereocenters. The number of likely N-dealkylation sites (N-methyl/N-ethyl adjacent to an activating group) is 1. The van der Waals surface area contributed by atoms with E-state index >= 15 is 0 Å². The van der Waals surface area contributed by atoms with Crippen LogP contribution in [0.4, 0.5) is 11.6 Å². The lowest BCUT2D eigenvalue weighted by molar-refractivity contribution is -0.117. The molecule has 1 saturated carbocycles. The standard InChI is InChI=1S/C22H28N6O/c1-3-27(4-2)15-14-23-18-12-10-16(11-13-18)19-6-5-7-20-24-22(26-28(19)20)25-21(29)17-8-9-17/h5-7,10-13,17,23H,3-4,8-9,14-15H2,1-2H3,(H,25,26,29). The molecular weight excluding hydrogens is 364 g/mol. The number of anilines is 2. The van der Waals surface area contributed by atoms with Crippen LogP contribution >= 0.6 is 0 Å². The molecule has 2 heterocycles. The fraction of sp³-hybridized carbons (Fsp3) is 0.409. The molecule has 2 N–H and O–H groups in total. The van der Waals surface area contributed by atoms with Crippen LogP contribution < -0.4 is 10.6 Å². The first-order valence-corrected chi connectivity index (χ1v) is 10.4. The second-order valence-electron chi connectivity index (χ2n) is 7.41. The number of carbonyl (C=O) groups excluding carboxylic acids is 1. The molecule has 152 valence electrons. The van der Waals surface area contributed by atoms with Gasteiger partial charge in [-0.2, -0.15) is 4.98 Å². The van der Waals surface area contributed by atoms with E-state index in [1.807, 2.05) is 18.2 Å². The number of hydrogen-bond donors (Lipinski definition) is 2. The maximum atomic E-state index is 12.0. The van der Waals surface area contributed by atoms with Gasteiger partial charge in [-0.25, -0.2) is 4.52 Å². The first kappa shape index (κ1) is 19.4. The van der Waals surface area contributed by atoms with Crippen molar-refractivity contribution in [1.29, 1.82) is 0 Å². The third-order valence-electron chi connectivity index (χ3n) is 5.38. The van der Waals surface area contributed by atoms with E-state index in [-0.39, 0.29) is 11.8 Å². The Balaban J connectivity index is 1.47. The lowest BCUT2D eigenvalue weighted by Crippen LogP contribution is -2.28. The molecule has 3 aromatic rings. The Morgan fingerprint density at radius 2 is 1.90 bits per heavy atom. The lowest BCUT2D eigenvalue weighted by Gasteiger charge is -2.18. The minimum atomic E-state index is 0.0163. The van der Waals surface area contributed by atoms with E-state index in [4.69, 9.17) is 0 Å². The highest BCUT2D eigenvalue weighted by Crippen LogP contribution is 2.30. The minimum Gasteiger partial charge on any atom is -0.384 e. The molecule has 1 fully saturated rings. The van der Waals surface area contributed by atoms with Gasteiger partial charge in [-0.05, 0) is 50.2 Å². The van der Waals surface area contributed by atoms with Gasteiger partial charge in [0, 0.05) is 30.3 Å². The molecule has 7 nitrogen and oxygen atoms in total. The van der Waals surface area contributed by atoms with E-state index in [9.17, 15) is 4.79 Å². The molecule has 1 aliphatic carbocycles. The molecule has 0 radical (unpaired) electrons. The van der Waals surface area contributed by atoms with Crippen LogP contribution in [-0.2, 0) is 4.79 Å². The van der Waals surface area contributed by atoms with Crippen molar-refractivity contribution in [2.45, 2.75) is 26.7 Å². The van der Waals surface area contributed by atoms with E-state index in [1.165, 1.54) is 0 Å². The van der Waals surface area contributed by atoms with Crippen LogP contribution in [0.5, 0.6) is 0 Å². The summed E-state index contributed by atoms with van der Waals surface area (Å²) >= 11 is 0. The van der Waals surface area contributed by atoms with Crippen molar-refractivity contribution < 1.29 is 4.79 Å². The van der Waals surface area contributed by atoms with Crippen molar-refractivity contribution in [3.05, 3.63) is 42.5 Å². The van der Waals surface area contributed by atoms with Gasteiger partial charge in [-0.3, -0.25) is 10.1 Å². The topological polar surface area (TPSA) is 74.6 Å². The molecule has 0 bridgehead atoms. The van der Waals surface area contributed by atoms with Crippen molar-refractivity contribution in [3.8, 4) is 11.3 Å². The molecule has 0 spiro atoms. The molecule has 1 amide bonds. The summed E-state index contributed by atoms with van der Waals surface area (Å²) in [4.78, 5) is 18.8. The first-order chi connectivity index (χ1) is 14.2. The van der Waals surface area contributed by atoms with Crippen molar-refractivity contribution in [2.75, 3.05) is 36.8 Å². The number of amides is 1. The minimum absolute atomic E-state index is 0.0163. The third kappa shape index (κ3) is 4.56. The van der Waals surface area contributed by atoms with Crippen LogP contribution in [0.3, 0.4) is 0 Å². The summed E-state index contributed by atoms with van der Waals surface area (Å²) in [5.41, 5.74) is 3.81. The number of aromatic nitrogens is 3. The average molecular weight is 393 g/mol. The summed E-state index contributed by atoms with van der Waals surface area (Å²) < 4.78 is 1.78. The zero-order valence-corrected chi connectivity index (χ0v) is 17.1. The highest BCUT2D eigenvalue weighted by atomic mass is 16.2. The van der Waals surface area contributed by atoms with Crippen LogP contribution in [0.15, 0.2) is 42.5 Å².